The third-order valence-corrected chi connectivity index (χ3v) is 5.31. The first-order valence-corrected chi connectivity index (χ1v) is 9.85. The second-order valence-corrected chi connectivity index (χ2v) is 7.46. The van der Waals surface area contributed by atoms with Gasteiger partial charge in [-0.15, -0.1) is 0 Å². The number of carbonyl (C=O) groups is 2. The SMILES string of the molecule is COC(=O)N1CCO[C@@H](Cc2c(-c3c(F)cc(C(N)=O)cc3F)nc3cc(C)ncn23)C1. The molecule has 1 aliphatic rings. The van der Waals surface area contributed by atoms with E-state index in [1.165, 1.54) is 18.3 Å². The number of methoxy groups -OCH3 is 1. The highest BCUT2D eigenvalue weighted by molar-refractivity contribution is 5.93. The molecular formula is C21H21F2N5O4. The van der Waals surface area contributed by atoms with E-state index >= 15 is 0 Å². The van der Waals surface area contributed by atoms with Gasteiger partial charge in [0, 0.05) is 30.3 Å². The van der Waals surface area contributed by atoms with Crippen molar-refractivity contribution < 1.29 is 27.8 Å². The Hall–Kier alpha value is -3.60. The number of imidazole rings is 1. The van der Waals surface area contributed by atoms with Crippen LogP contribution in [0.2, 0.25) is 0 Å². The summed E-state index contributed by atoms with van der Waals surface area (Å²) in [5.74, 6) is -2.87. The number of hydrogen-bond donors (Lipinski definition) is 1. The highest BCUT2D eigenvalue weighted by atomic mass is 19.1. The van der Waals surface area contributed by atoms with Crippen LogP contribution in [-0.4, -0.2) is 64.2 Å². The molecule has 168 valence electrons. The summed E-state index contributed by atoms with van der Waals surface area (Å²) < 4.78 is 42.0. The van der Waals surface area contributed by atoms with Crippen LogP contribution >= 0.6 is 0 Å². The van der Waals surface area contributed by atoms with Gasteiger partial charge in [-0.05, 0) is 19.1 Å². The highest BCUT2D eigenvalue weighted by Gasteiger charge is 2.29. The van der Waals surface area contributed by atoms with E-state index in [4.69, 9.17) is 15.2 Å². The number of nitrogens with zero attached hydrogens (tertiary/aromatic N) is 4. The molecule has 2 N–H and O–H groups in total. The summed E-state index contributed by atoms with van der Waals surface area (Å²) in [4.78, 5) is 33.5. The third kappa shape index (κ3) is 3.98. The van der Waals surface area contributed by atoms with E-state index in [2.05, 4.69) is 9.97 Å². The standard InChI is InChI=1S/C21H21F2N5O4/c1-11-5-17-26-19(18-14(22)6-12(20(24)29)7-15(18)23)16(28(17)10-25-11)8-13-9-27(3-4-32-13)21(30)31-2/h5-7,10,13H,3-4,8-9H2,1-2H3,(H2,24,29)/t13-/m0/s1. The lowest BCUT2D eigenvalue weighted by atomic mass is 10.0. The number of aryl methyl sites for hydroxylation is 1. The topological polar surface area (TPSA) is 112 Å². The van der Waals surface area contributed by atoms with Gasteiger partial charge in [0.15, 0.2) is 0 Å². The van der Waals surface area contributed by atoms with Gasteiger partial charge in [0.1, 0.15) is 23.6 Å². The van der Waals surface area contributed by atoms with Crippen LogP contribution in [0.1, 0.15) is 21.7 Å². The minimum atomic E-state index is -0.964. The average Bonchev–Trinajstić information content (AvgIpc) is 3.09. The first-order valence-electron chi connectivity index (χ1n) is 9.85. The number of hydrogen-bond acceptors (Lipinski definition) is 6. The maximum atomic E-state index is 14.9. The molecule has 1 saturated heterocycles. The Kier molecular flexibility index (Phi) is 5.74. The quantitative estimate of drug-likeness (QED) is 0.658. The number of morpholine rings is 1. The van der Waals surface area contributed by atoms with Gasteiger partial charge in [-0.3, -0.25) is 9.20 Å². The number of rotatable bonds is 4. The minimum Gasteiger partial charge on any atom is -0.453 e. The van der Waals surface area contributed by atoms with Gasteiger partial charge >= 0.3 is 6.09 Å². The number of benzene rings is 1. The van der Waals surface area contributed by atoms with E-state index in [0.717, 1.165) is 12.1 Å². The van der Waals surface area contributed by atoms with E-state index in [1.54, 1.807) is 17.4 Å². The molecule has 0 aliphatic carbocycles. The number of amides is 2. The number of fused-ring (bicyclic) bond motifs is 1. The summed E-state index contributed by atoms with van der Waals surface area (Å²) in [6.07, 6.45) is 0.780. The first kappa shape index (κ1) is 21.6. The lowest BCUT2D eigenvalue weighted by Gasteiger charge is -2.32. The molecule has 0 spiro atoms. The summed E-state index contributed by atoms with van der Waals surface area (Å²) >= 11 is 0. The molecule has 2 amide bonds. The van der Waals surface area contributed by atoms with E-state index in [0.29, 0.717) is 30.2 Å². The molecule has 0 unspecified atom stereocenters. The van der Waals surface area contributed by atoms with Crippen molar-refractivity contribution in [2.24, 2.45) is 5.73 Å². The normalized spacial score (nSPS) is 16.4. The molecule has 1 fully saturated rings. The van der Waals surface area contributed by atoms with Crippen molar-refractivity contribution in [2.75, 3.05) is 26.8 Å². The Morgan fingerprint density at radius 3 is 2.66 bits per heavy atom. The van der Waals surface area contributed by atoms with Crippen molar-refractivity contribution in [1.82, 2.24) is 19.3 Å². The molecule has 1 aliphatic heterocycles. The van der Waals surface area contributed by atoms with Gasteiger partial charge in [-0.1, -0.05) is 0 Å². The van der Waals surface area contributed by atoms with Crippen LogP contribution in [0.3, 0.4) is 0 Å². The number of carbonyl (C=O) groups excluding carboxylic acids is 2. The number of primary amides is 1. The molecule has 3 heterocycles. The zero-order valence-electron chi connectivity index (χ0n) is 17.5. The number of ether oxygens (including phenoxy) is 2. The molecule has 0 bridgehead atoms. The predicted molar refractivity (Wildman–Crippen MR) is 109 cm³/mol. The maximum Gasteiger partial charge on any atom is 0.409 e. The molecular weight excluding hydrogens is 424 g/mol. The van der Waals surface area contributed by atoms with Crippen molar-refractivity contribution in [1.29, 1.82) is 0 Å². The molecule has 9 nitrogen and oxygen atoms in total. The Morgan fingerprint density at radius 2 is 2.00 bits per heavy atom. The number of nitrogens with two attached hydrogens (primary N) is 1. The predicted octanol–water partition coefficient (Wildman–Crippen LogP) is 2.09. The van der Waals surface area contributed by atoms with Crippen LogP contribution in [0.4, 0.5) is 13.6 Å². The molecule has 4 rings (SSSR count). The third-order valence-electron chi connectivity index (χ3n) is 5.31. The molecule has 3 aromatic rings. The van der Waals surface area contributed by atoms with Crippen molar-refractivity contribution in [2.45, 2.75) is 19.4 Å². The Labute approximate surface area is 181 Å². The lowest BCUT2D eigenvalue weighted by Crippen LogP contribution is -2.46. The van der Waals surface area contributed by atoms with Crippen molar-refractivity contribution in [3.63, 3.8) is 0 Å². The van der Waals surface area contributed by atoms with Crippen LogP contribution < -0.4 is 5.73 Å². The van der Waals surface area contributed by atoms with Gasteiger partial charge in [-0.2, -0.15) is 0 Å². The minimum absolute atomic E-state index is 0.0576. The Balaban J connectivity index is 1.80. The second kappa shape index (κ2) is 8.50. The van der Waals surface area contributed by atoms with Crippen molar-refractivity contribution >= 4 is 17.6 Å². The number of halogens is 2. The van der Waals surface area contributed by atoms with Crippen LogP contribution in [0, 0.1) is 18.6 Å². The van der Waals surface area contributed by atoms with Gasteiger partial charge in [0.25, 0.3) is 0 Å². The fourth-order valence-electron chi connectivity index (χ4n) is 3.78. The summed E-state index contributed by atoms with van der Waals surface area (Å²) in [7, 11) is 1.30. The van der Waals surface area contributed by atoms with Gasteiger partial charge in [-0.25, -0.2) is 23.5 Å². The molecule has 0 saturated carbocycles. The summed E-state index contributed by atoms with van der Waals surface area (Å²) in [6, 6.07) is 3.45. The van der Waals surface area contributed by atoms with Crippen LogP contribution in [-0.2, 0) is 15.9 Å². The average molecular weight is 445 g/mol. The van der Waals surface area contributed by atoms with Crippen LogP contribution in [0.15, 0.2) is 24.5 Å². The monoisotopic (exact) mass is 445 g/mol. The maximum absolute atomic E-state index is 14.9. The molecule has 1 aromatic carbocycles. The van der Waals surface area contributed by atoms with Gasteiger partial charge in [0.05, 0.1) is 43.3 Å². The van der Waals surface area contributed by atoms with Crippen molar-refractivity contribution in [3.05, 3.63) is 53.1 Å². The lowest BCUT2D eigenvalue weighted by molar-refractivity contribution is -0.0241. The molecule has 32 heavy (non-hydrogen) atoms. The second-order valence-electron chi connectivity index (χ2n) is 7.46. The fourth-order valence-corrected chi connectivity index (χ4v) is 3.78. The van der Waals surface area contributed by atoms with Gasteiger partial charge < -0.3 is 20.1 Å². The van der Waals surface area contributed by atoms with Crippen molar-refractivity contribution in [3.8, 4) is 11.3 Å². The highest BCUT2D eigenvalue weighted by Crippen LogP contribution is 2.31. The van der Waals surface area contributed by atoms with E-state index in [1.807, 2.05) is 0 Å². The van der Waals surface area contributed by atoms with E-state index in [-0.39, 0.29) is 29.8 Å². The molecule has 11 heteroatoms. The largest absolute Gasteiger partial charge is 0.453 e. The molecule has 1 atom stereocenters. The first-order chi connectivity index (χ1) is 15.3. The Bertz CT molecular complexity index is 1190. The Morgan fingerprint density at radius 1 is 1.28 bits per heavy atom. The molecule has 2 aromatic heterocycles. The summed E-state index contributed by atoms with van der Waals surface area (Å²) in [5.41, 5.74) is 6.13. The number of aromatic nitrogens is 3. The van der Waals surface area contributed by atoms with Crippen LogP contribution in [0.5, 0.6) is 0 Å². The van der Waals surface area contributed by atoms with E-state index in [9.17, 15) is 18.4 Å². The zero-order chi connectivity index (χ0) is 23.0. The summed E-state index contributed by atoms with van der Waals surface area (Å²) in [6.45, 7) is 2.68. The smallest absolute Gasteiger partial charge is 0.409 e. The van der Waals surface area contributed by atoms with Gasteiger partial charge in [0.2, 0.25) is 5.91 Å². The summed E-state index contributed by atoms with van der Waals surface area (Å²) in [5, 5.41) is 0. The van der Waals surface area contributed by atoms with E-state index < -0.39 is 29.7 Å². The van der Waals surface area contributed by atoms with Crippen LogP contribution in [0.25, 0.3) is 16.9 Å². The zero-order valence-corrected chi connectivity index (χ0v) is 17.5. The molecule has 0 radical (unpaired) electrons. The fraction of sp³-hybridized carbons (Fsp3) is 0.333.